The molecule has 3 aliphatic rings. The molecule has 1 aromatic rings. The van der Waals surface area contributed by atoms with Crippen LogP contribution in [0.15, 0.2) is 18.6 Å². The average Bonchev–Trinajstić information content (AvgIpc) is 3.79. The molecule has 2 aliphatic carbocycles. The molecule has 4 N–H and O–H groups in total. The van der Waals surface area contributed by atoms with E-state index in [-0.39, 0.29) is 30.4 Å². The fourth-order valence-electron chi connectivity index (χ4n) is 5.60. The van der Waals surface area contributed by atoms with Crippen LogP contribution in [-0.4, -0.2) is 87.9 Å². The summed E-state index contributed by atoms with van der Waals surface area (Å²) in [4.78, 5) is 80.9. The summed E-state index contributed by atoms with van der Waals surface area (Å²) >= 11 is 0. The lowest BCUT2D eigenvalue weighted by Crippen LogP contribution is -2.54. The minimum atomic E-state index is -0.887. The van der Waals surface area contributed by atoms with Crippen LogP contribution in [-0.2, 0) is 24.0 Å². The zero-order valence-corrected chi connectivity index (χ0v) is 32.2. The van der Waals surface area contributed by atoms with Gasteiger partial charge in [0.1, 0.15) is 11.7 Å². The summed E-state index contributed by atoms with van der Waals surface area (Å²) in [6, 6.07) is -1.28. The van der Waals surface area contributed by atoms with Crippen LogP contribution in [0.3, 0.4) is 0 Å². The van der Waals surface area contributed by atoms with E-state index in [4.69, 9.17) is 0 Å². The second-order valence-electron chi connectivity index (χ2n) is 14.2. The number of nitrogens with one attached hydrogen (secondary N) is 4. The molecular weight excluding hydrogens is 650 g/mol. The van der Waals surface area contributed by atoms with Gasteiger partial charge >= 0.3 is 0 Å². The number of amides is 5. The fourth-order valence-corrected chi connectivity index (χ4v) is 5.60. The van der Waals surface area contributed by atoms with E-state index in [1.54, 1.807) is 12.4 Å². The Morgan fingerprint density at radius 2 is 1.55 bits per heavy atom. The maximum absolute atomic E-state index is 12.7. The third kappa shape index (κ3) is 18.8. The molecule has 2 saturated carbocycles. The predicted molar refractivity (Wildman–Crippen MR) is 198 cm³/mol. The van der Waals surface area contributed by atoms with Gasteiger partial charge in [-0.25, -0.2) is 4.98 Å². The molecule has 1 saturated heterocycles. The Hall–Kier alpha value is -3.90. The summed E-state index contributed by atoms with van der Waals surface area (Å²) in [5.41, 5.74) is 0.398. The number of likely N-dealkylation sites (tertiary alicyclic amines) is 1. The predicted octanol–water partition coefficient (Wildman–Crippen LogP) is 4.50. The Labute approximate surface area is 305 Å². The van der Waals surface area contributed by atoms with E-state index >= 15 is 0 Å². The second kappa shape index (κ2) is 26.0. The van der Waals surface area contributed by atoms with E-state index in [0.717, 1.165) is 25.2 Å². The molecule has 1 aromatic heterocycles. The number of nitrogens with zero attached hydrogens (tertiary/aromatic N) is 3. The number of rotatable bonds is 14. The van der Waals surface area contributed by atoms with E-state index in [9.17, 15) is 28.8 Å². The van der Waals surface area contributed by atoms with Gasteiger partial charge in [-0.15, -0.1) is 0 Å². The van der Waals surface area contributed by atoms with Crippen molar-refractivity contribution in [3.63, 3.8) is 0 Å². The quantitative estimate of drug-likeness (QED) is 0.161. The van der Waals surface area contributed by atoms with Gasteiger partial charge in [0.05, 0.1) is 18.8 Å². The minimum absolute atomic E-state index is 0.0669. The summed E-state index contributed by atoms with van der Waals surface area (Å²) in [7, 11) is 0. The summed E-state index contributed by atoms with van der Waals surface area (Å²) in [6.45, 7) is 15.1. The lowest BCUT2D eigenvalue weighted by atomic mass is 9.84. The second-order valence-corrected chi connectivity index (χ2v) is 14.2. The number of aromatic nitrogens is 2. The molecule has 1 aliphatic heterocycles. The van der Waals surface area contributed by atoms with Gasteiger partial charge in [-0.05, 0) is 63.7 Å². The summed E-state index contributed by atoms with van der Waals surface area (Å²) in [5.74, 6) is -0.737. The van der Waals surface area contributed by atoms with Crippen LogP contribution in [0.1, 0.15) is 142 Å². The molecule has 3 unspecified atom stereocenters. The summed E-state index contributed by atoms with van der Waals surface area (Å²) in [6.07, 6.45) is 17.5. The van der Waals surface area contributed by atoms with Crippen molar-refractivity contribution >= 4 is 35.8 Å². The third-order valence-corrected chi connectivity index (χ3v) is 8.34. The maximum Gasteiger partial charge on any atom is 0.289 e. The Kier molecular flexibility index (Phi) is 23.0. The van der Waals surface area contributed by atoms with Gasteiger partial charge < -0.3 is 26.2 Å². The van der Waals surface area contributed by atoms with Crippen LogP contribution in [0, 0.1) is 11.8 Å². The zero-order valence-electron chi connectivity index (χ0n) is 32.2. The molecule has 4 rings (SSSR count). The number of unbranched alkanes of at least 4 members (excludes halogenated alkanes) is 1. The van der Waals surface area contributed by atoms with Crippen LogP contribution in [0.4, 0.5) is 0 Å². The van der Waals surface area contributed by atoms with E-state index in [1.807, 2.05) is 6.92 Å². The zero-order chi connectivity index (χ0) is 38.2. The highest BCUT2D eigenvalue weighted by Gasteiger charge is 2.37. The smallest absolute Gasteiger partial charge is 0.289 e. The van der Waals surface area contributed by atoms with Gasteiger partial charge in [0, 0.05) is 31.0 Å². The van der Waals surface area contributed by atoms with Crippen LogP contribution in [0.5, 0.6) is 0 Å². The Morgan fingerprint density at radius 1 is 0.902 bits per heavy atom. The van der Waals surface area contributed by atoms with Gasteiger partial charge in [0.15, 0.2) is 0 Å². The van der Waals surface area contributed by atoms with E-state index < -0.39 is 29.7 Å². The Bertz CT molecular complexity index is 1190. The first-order valence-corrected chi connectivity index (χ1v) is 19.1. The minimum Gasteiger partial charge on any atom is -0.350 e. The van der Waals surface area contributed by atoms with Gasteiger partial charge in [-0.3, -0.25) is 33.8 Å². The van der Waals surface area contributed by atoms with Gasteiger partial charge in [0.2, 0.25) is 24.0 Å². The first kappa shape index (κ1) is 45.1. The van der Waals surface area contributed by atoms with Crippen LogP contribution in [0.2, 0.25) is 0 Å². The van der Waals surface area contributed by atoms with Crippen molar-refractivity contribution in [1.82, 2.24) is 36.1 Å². The first-order valence-electron chi connectivity index (χ1n) is 19.1. The lowest BCUT2D eigenvalue weighted by Gasteiger charge is -2.28. The van der Waals surface area contributed by atoms with Crippen LogP contribution in [0.25, 0.3) is 0 Å². The van der Waals surface area contributed by atoms with Crippen molar-refractivity contribution in [1.29, 1.82) is 0 Å². The normalized spacial score (nSPS) is 17.8. The average molecular weight is 716 g/mol. The van der Waals surface area contributed by atoms with Crippen molar-refractivity contribution in [2.75, 3.05) is 13.1 Å². The van der Waals surface area contributed by atoms with Gasteiger partial charge in [-0.1, -0.05) is 80.1 Å². The highest BCUT2D eigenvalue weighted by atomic mass is 16.2. The van der Waals surface area contributed by atoms with Crippen molar-refractivity contribution in [3.8, 4) is 0 Å². The van der Waals surface area contributed by atoms with Crippen LogP contribution < -0.4 is 21.3 Å². The molecule has 0 radical (unpaired) electrons. The lowest BCUT2D eigenvalue weighted by molar-refractivity contribution is -0.142. The van der Waals surface area contributed by atoms with Gasteiger partial charge in [0.25, 0.3) is 11.8 Å². The Balaban J connectivity index is 0.000000459. The monoisotopic (exact) mass is 715 g/mol. The van der Waals surface area contributed by atoms with E-state index in [0.29, 0.717) is 50.2 Å². The first-order chi connectivity index (χ1) is 24.4. The van der Waals surface area contributed by atoms with Crippen LogP contribution >= 0.6 is 0 Å². The number of ketones is 1. The molecule has 13 nitrogen and oxygen atoms in total. The standard InChI is InChI=1S/C18H28N4O5.C13H19N3O.C4H10.C3H8/c1-2-3-5-13(16(25)18(27)20-12-7-8-12)21-17(26)14-6-4-9-22(14)15(24)10-19-11-23;1-10(11-5-3-2-4-6-11)16-13(17)12-9-14-7-8-15-12;1-4(2)3;1-3-2/h11-14H,2-10H2,1H3,(H,19,23)(H,20,27)(H,21,26);7-11H,2-6H2,1H3,(H,16,17);4H,1-3H3;3H2,1-2H3. The molecular formula is C38H65N7O6. The molecule has 13 heteroatoms. The molecule has 288 valence electrons. The molecule has 0 bridgehead atoms. The largest absolute Gasteiger partial charge is 0.350 e. The molecule has 0 aromatic carbocycles. The molecule has 5 amide bonds. The van der Waals surface area contributed by atoms with Crippen molar-refractivity contribution in [3.05, 3.63) is 24.3 Å². The fraction of sp³-hybridized carbons (Fsp3) is 0.737. The van der Waals surface area contributed by atoms with Crippen molar-refractivity contribution in [2.45, 2.75) is 156 Å². The van der Waals surface area contributed by atoms with Crippen molar-refractivity contribution < 1.29 is 28.8 Å². The van der Waals surface area contributed by atoms with Gasteiger partial charge in [-0.2, -0.15) is 0 Å². The summed E-state index contributed by atoms with van der Waals surface area (Å²) < 4.78 is 0. The number of carbonyl (C=O) groups excluding carboxylic acids is 6. The molecule has 3 atom stereocenters. The molecule has 0 spiro atoms. The topological polar surface area (TPSA) is 180 Å². The summed E-state index contributed by atoms with van der Waals surface area (Å²) in [5, 5.41) is 10.7. The molecule has 2 heterocycles. The number of carbonyl (C=O) groups is 6. The highest BCUT2D eigenvalue weighted by molar-refractivity contribution is 6.38. The van der Waals surface area contributed by atoms with E-state index in [1.165, 1.54) is 49.6 Å². The number of hydrogen-bond donors (Lipinski definition) is 4. The maximum atomic E-state index is 12.7. The molecule has 3 fully saturated rings. The highest BCUT2D eigenvalue weighted by Crippen LogP contribution is 2.26. The molecule has 51 heavy (non-hydrogen) atoms. The SMILES string of the molecule is CC(C)C.CC(NC(=O)c1cnccn1)C1CCCCC1.CCC.CCCCC(NC(=O)C1CCCN1C(=O)CNC=O)C(=O)C(=O)NC1CC1. The Morgan fingerprint density at radius 3 is 2.10 bits per heavy atom. The van der Waals surface area contributed by atoms with E-state index in [2.05, 4.69) is 72.8 Å². The number of Topliss-reactive ketones (excluding diaryl/α,β-unsaturated/α-hetero) is 1. The third-order valence-electron chi connectivity index (χ3n) is 8.34. The number of hydrogen-bond acceptors (Lipinski definition) is 8. The van der Waals surface area contributed by atoms with Crippen molar-refractivity contribution in [2.24, 2.45) is 11.8 Å².